The average Bonchev–Trinajstić information content (AvgIpc) is 2.40. The van der Waals surface area contributed by atoms with Crippen molar-refractivity contribution in [2.24, 2.45) is 5.73 Å². The van der Waals surface area contributed by atoms with E-state index in [1.165, 1.54) is 16.6 Å². The van der Waals surface area contributed by atoms with Gasteiger partial charge >= 0.3 is 0 Å². The summed E-state index contributed by atoms with van der Waals surface area (Å²) < 4.78 is 38.6. The van der Waals surface area contributed by atoms with Crippen molar-refractivity contribution in [3.05, 3.63) is 35.6 Å². The summed E-state index contributed by atoms with van der Waals surface area (Å²) in [5.41, 5.74) is 6.62. The van der Waals surface area contributed by atoms with Gasteiger partial charge in [-0.3, -0.25) is 4.90 Å². The minimum atomic E-state index is -3.17. The molecule has 0 aromatic heterocycles. The molecule has 5 nitrogen and oxygen atoms in total. The highest BCUT2D eigenvalue weighted by atomic mass is 32.2. The molecule has 1 aliphatic rings. The summed E-state index contributed by atoms with van der Waals surface area (Å²) in [6.45, 7) is 3.77. The van der Waals surface area contributed by atoms with Gasteiger partial charge in [0.1, 0.15) is 5.82 Å². The van der Waals surface area contributed by atoms with E-state index in [9.17, 15) is 12.8 Å². The van der Waals surface area contributed by atoms with Crippen LogP contribution in [-0.2, 0) is 10.0 Å². The molecule has 118 valence electrons. The van der Waals surface area contributed by atoms with E-state index in [4.69, 9.17) is 5.73 Å². The fraction of sp³-hybridized carbons (Fsp3) is 0.571. The third-order valence-corrected chi connectivity index (χ3v) is 5.16. The monoisotopic (exact) mass is 315 g/mol. The molecule has 1 heterocycles. The molecule has 0 radical (unpaired) electrons. The fourth-order valence-electron chi connectivity index (χ4n) is 2.84. The van der Waals surface area contributed by atoms with Crippen LogP contribution in [0.1, 0.15) is 18.5 Å². The Labute approximate surface area is 125 Å². The van der Waals surface area contributed by atoms with E-state index in [0.717, 1.165) is 0 Å². The van der Waals surface area contributed by atoms with Crippen LogP contribution >= 0.6 is 0 Å². The maximum Gasteiger partial charge on any atom is 0.211 e. The smallest absolute Gasteiger partial charge is 0.211 e. The van der Waals surface area contributed by atoms with E-state index in [2.05, 4.69) is 4.90 Å². The van der Waals surface area contributed by atoms with Gasteiger partial charge in [-0.2, -0.15) is 4.31 Å². The van der Waals surface area contributed by atoms with Crippen molar-refractivity contribution in [2.45, 2.75) is 19.0 Å². The maximum atomic E-state index is 14.0. The lowest BCUT2D eigenvalue weighted by Crippen LogP contribution is -2.52. The molecule has 0 bridgehead atoms. The number of hydrogen-bond donors (Lipinski definition) is 1. The summed E-state index contributed by atoms with van der Waals surface area (Å²) in [5.74, 6) is -0.273. The molecule has 7 heteroatoms. The second-order valence-electron chi connectivity index (χ2n) is 5.52. The highest BCUT2D eigenvalue weighted by Gasteiger charge is 2.31. The fourth-order valence-corrected chi connectivity index (χ4v) is 3.67. The Morgan fingerprint density at radius 1 is 1.19 bits per heavy atom. The number of nitrogens with two attached hydrogens (primary N) is 1. The summed E-state index contributed by atoms with van der Waals surface area (Å²) in [6.07, 6.45) is 1.21. The van der Waals surface area contributed by atoms with Crippen LogP contribution in [0.5, 0.6) is 0 Å². The van der Waals surface area contributed by atoms with Crippen LogP contribution in [0.2, 0.25) is 0 Å². The molecule has 1 fully saturated rings. The van der Waals surface area contributed by atoms with Gasteiger partial charge in [-0.25, -0.2) is 12.8 Å². The Balaban J connectivity index is 2.17. The van der Waals surface area contributed by atoms with E-state index >= 15 is 0 Å². The van der Waals surface area contributed by atoms with Gasteiger partial charge in [-0.15, -0.1) is 0 Å². The largest absolute Gasteiger partial charge is 0.326 e. The van der Waals surface area contributed by atoms with Gasteiger partial charge in [0.25, 0.3) is 0 Å². The standard InChI is InChI=1S/C14H22FN3O2S/c1-11(16)14(12-5-3-4-6-13(12)15)17-7-9-18(10-8-17)21(2,19)20/h3-6,11,14H,7-10,16H2,1-2H3. The molecule has 0 spiro atoms. The molecule has 0 amide bonds. The van der Waals surface area contributed by atoms with Crippen LogP contribution in [0.25, 0.3) is 0 Å². The topological polar surface area (TPSA) is 66.6 Å². The first-order valence-corrected chi connectivity index (χ1v) is 8.84. The van der Waals surface area contributed by atoms with Gasteiger partial charge in [0.2, 0.25) is 10.0 Å². The summed E-state index contributed by atoms with van der Waals surface area (Å²) in [6, 6.07) is 6.13. The predicted octanol–water partition coefficient (Wildman–Crippen LogP) is 0.791. The van der Waals surface area contributed by atoms with Gasteiger partial charge in [0, 0.05) is 37.8 Å². The van der Waals surface area contributed by atoms with E-state index in [-0.39, 0.29) is 17.9 Å². The Morgan fingerprint density at radius 2 is 1.76 bits per heavy atom. The zero-order chi connectivity index (χ0) is 15.6. The van der Waals surface area contributed by atoms with Crippen LogP contribution in [0, 0.1) is 5.82 Å². The van der Waals surface area contributed by atoms with Crippen LogP contribution in [0.3, 0.4) is 0 Å². The highest BCUT2D eigenvalue weighted by Crippen LogP contribution is 2.27. The van der Waals surface area contributed by atoms with Crippen LogP contribution in [0.4, 0.5) is 4.39 Å². The van der Waals surface area contributed by atoms with Crippen molar-refractivity contribution in [3.63, 3.8) is 0 Å². The lowest BCUT2D eigenvalue weighted by molar-refractivity contribution is 0.121. The summed E-state index contributed by atoms with van der Waals surface area (Å²) in [4.78, 5) is 2.06. The van der Waals surface area contributed by atoms with Gasteiger partial charge in [-0.1, -0.05) is 18.2 Å². The molecule has 2 rings (SSSR count). The number of nitrogens with zero attached hydrogens (tertiary/aromatic N) is 2. The van der Waals surface area contributed by atoms with Gasteiger partial charge in [0.15, 0.2) is 0 Å². The van der Waals surface area contributed by atoms with Crippen molar-refractivity contribution >= 4 is 10.0 Å². The normalized spacial score (nSPS) is 21.1. The van der Waals surface area contributed by atoms with Crippen molar-refractivity contribution < 1.29 is 12.8 Å². The minimum absolute atomic E-state index is 0.243. The van der Waals surface area contributed by atoms with Crippen LogP contribution < -0.4 is 5.73 Å². The number of halogens is 1. The number of benzene rings is 1. The molecule has 1 saturated heterocycles. The lowest BCUT2D eigenvalue weighted by Gasteiger charge is -2.40. The predicted molar refractivity (Wildman–Crippen MR) is 80.8 cm³/mol. The zero-order valence-corrected chi connectivity index (χ0v) is 13.2. The molecule has 0 saturated carbocycles. The molecule has 1 aromatic carbocycles. The third kappa shape index (κ3) is 3.79. The van der Waals surface area contributed by atoms with E-state index in [0.29, 0.717) is 31.7 Å². The summed E-state index contributed by atoms with van der Waals surface area (Å²) >= 11 is 0. The Morgan fingerprint density at radius 3 is 2.24 bits per heavy atom. The molecular formula is C14H22FN3O2S. The molecular weight excluding hydrogens is 293 g/mol. The van der Waals surface area contributed by atoms with Gasteiger partial charge in [-0.05, 0) is 13.0 Å². The van der Waals surface area contributed by atoms with E-state index < -0.39 is 10.0 Å². The summed E-state index contributed by atoms with van der Waals surface area (Å²) in [7, 11) is -3.17. The Hall–Kier alpha value is -1.02. The average molecular weight is 315 g/mol. The van der Waals surface area contributed by atoms with Gasteiger partial charge < -0.3 is 5.73 Å². The van der Waals surface area contributed by atoms with Crippen molar-refractivity contribution in [1.82, 2.24) is 9.21 Å². The number of piperazine rings is 1. The molecule has 21 heavy (non-hydrogen) atoms. The van der Waals surface area contributed by atoms with Gasteiger partial charge in [0.05, 0.1) is 12.3 Å². The second kappa shape index (κ2) is 6.39. The van der Waals surface area contributed by atoms with Crippen molar-refractivity contribution in [2.75, 3.05) is 32.4 Å². The second-order valence-corrected chi connectivity index (χ2v) is 7.51. The Bertz CT molecular complexity index is 584. The first kappa shape index (κ1) is 16.4. The zero-order valence-electron chi connectivity index (χ0n) is 12.4. The van der Waals surface area contributed by atoms with Crippen molar-refractivity contribution in [3.8, 4) is 0 Å². The SMILES string of the molecule is CC(N)C(c1ccccc1F)N1CCN(S(C)(=O)=O)CC1. The number of rotatable bonds is 4. The highest BCUT2D eigenvalue weighted by molar-refractivity contribution is 7.88. The minimum Gasteiger partial charge on any atom is -0.326 e. The molecule has 0 aliphatic carbocycles. The molecule has 2 N–H and O–H groups in total. The first-order valence-electron chi connectivity index (χ1n) is 7.00. The number of hydrogen-bond acceptors (Lipinski definition) is 4. The molecule has 2 atom stereocenters. The van der Waals surface area contributed by atoms with E-state index in [1.807, 2.05) is 6.92 Å². The van der Waals surface area contributed by atoms with Crippen molar-refractivity contribution in [1.29, 1.82) is 0 Å². The number of sulfonamides is 1. The van der Waals surface area contributed by atoms with Crippen LogP contribution in [0.15, 0.2) is 24.3 Å². The lowest BCUT2D eigenvalue weighted by atomic mass is 9.98. The molecule has 1 aromatic rings. The molecule has 2 unspecified atom stereocenters. The first-order chi connectivity index (χ1) is 9.80. The van der Waals surface area contributed by atoms with Crippen LogP contribution in [-0.4, -0.2) is 56.1 Å². The maximum absolute atomic E-state index is 14.0. The summed E-state index contributed by atoms with van der Waals surface area (Å²) in [5, 5.41) is 0. The quantitative estimate of drug-likeness (QED) is 0.892. The van der Waals surface area contributed by atoms with E-state index in [1.54, 1.807) is 18.2 Å². The third-order valence-electron chi connectivity index (χ3n) is 3.86. The Kier molecular flexibility index (Phi) is 4.98. The molecule has 1 aliphatic heterocycles.